The highest BCUT2D eigenvalue weighted by Gasteiger charge is 2.18. The van der Waals surface area contributed by atoms with Crippen molar-refractivity contribution in [1.29, 1.82) is 0 Å². The summed E-state index contributed by atoms with van der Waals surface area (Å²) in [5, 5.41) is 0. The predicted molar refractivity (Wildman–Crippen MR) is 91.6 cm³/mol. The maximum atomic E-state index is 13.5. The lowest BCUT2D eigenvalue weighted by Gasteiger charge is -2.15. The van der Waals surface area contributed by atoms with Gasteiger partial charge in [0.1, 0.15) is 11.5 Å². The topological polar surface area (TPSA) is 85.9 Å². The van der Waals surface area contributed by atoms with Crippen LogP contribution >= 0.6 is 0 Å². The van der Waals surface area contributed by atoms with Gasteiger partial charge in [0.25, 0.3) is 11.8 Å². The number of rotatable bonds is 6. The third kappa shape index (κ3) is 4.85. The van der Waals surface area contributed by atoms with Gasteiger partial charge in [-0.2, -0.15) is 0 Å². The van der Waals surface area contributed by atoms with Crippen LogP contribution in [0.3, 0.4) is 0 Å². The number of carbonyl (C=O) groups excluding carboxylic acids is 2. The van der Waals surface area contributed by atoms with E-state index in [0.29, 0.717) is 11.5 Å². The maximum absolute atomic E-state index is 13.5. The minimum absolute atomic E-state index is 0.0565. The van der Waals surface area contributed by atoms with E-state index in [1.165, 1.54) is 51.5 Å². The summed E-state index contributed by atoms with van der Waals surface area (Å²) in [6.07, 6.45) is -1.02. The van der Waals surface area contributed by atoms with Gasteiger partial charge in [-0.05, 0) is 31.2 Å². The monoisotopic (exact) mass is 362 g/mol. The summed E-state index contributed by atoms with van der Waals surface area (Å²) in [4.78, 5) is 24.2. The van der Waals surface area contributed by atoms with Crippen LogP contribution in [-0.2, 0) is 4.79 Å². The number of ether oxygens (including phenoxy) is 3. The van der Waals surface area contributed by atoms with Crippen molar-refractivity contribution in [2.24, 2.45) is 0 Å². The summed E-state index contributed by atoms with van der Waals surface area (Å²) in [6.45, 7) is 1.43. The zero-order chi connectivity index (χ0) is 19.1. The minimum atomic E-state index is -1.02. The molecule has 0 aliphatic heterocycles. The van der Waals surface area contributed by atoms with Crippen molar-refractivity contribution in [3.63, 3.8) is 0 Å². The highest BCUT2D eigenvalue weighted by atomic mass is 19.1. The van der Waals surface area contributed by atoms with Gasteiger partial charge >= 0.3 is 0 Å². The Hall–Kier alpha value is -3.29. The maximum Gasteiger partial charge on any atom is 0.279 e. The van der Waals surface area contributed by atoms with E-state index in [4.69, 9.17) is 14.2 Å². The van der Waals surface area contributed by atoms with E-state index in [1.54, 1.807) is 12.1 Å². The molecule has 138 valence electrons. The third-order valence-electron chi connectivity index (χ3n) is 3.42. The number of hydrogen-bond acceptors (Lipinski definition) is 5. The molecule has 0 saturated heterocycles. The molecule has 26 heavy (non-hydrogen) atoms. The third-order valence-corrected chi connectivity index (χ3v) is 3.42. The predicted octanol–water partition coefficient (Wildman–Crippen LogP) is 2.07. The van der Waals surface area contributed by atoms with Gasteiger partial charge < -0.3 is 14.2 Å². The molecule has 2 N–H and O–H groups in total. The van der Waals surface area contributed by atoms with E-state index in [2.05, 4.69) is 10.9 Å². The normalized spacial score (nSPS) is 11.2. The first-order chi connectivity index (χ1) is 12.4. The van der Waals surface area contributed by atoms with Crippen LogP contribution in [-0.4, -0.2) is 32.1 Å². The van der Waals surface area contributed by atoms with Gasteiger partial charge in [0.2, 0.25) is 0 Å². The Labute approximate surface area is 150 Å². The summed E-state index contributed by atoms with van der Waals surface area (Å²) in [5.41, 5.74) is 4.71. The highest BCUT2D eigenvalue weighted by molar-refractivity contribution is 5.96. The first kappa shape index (κ1) is 19.0. The second-order valence-electron chi connectivity index (χ2n) is 5.24. The van der Waals surface area contributed by atoms with Gasteiger partial charge in [0.15, 0.2) is 17.7 Å². The number of halogens is 1. The van der Waals surface area contributed by atoms with Crippen LogP contribution in [0.2, 0.25) is 0 Å². The van der Waals surface area contributed by atoms with Crippen molar-refractivity contribution in [1.82, 2.24) is 10.9 Å². The van der Waals surface area contributed by atoms with E-state index in [9.17, 15) is 14.0 Å². The number of para-hydroxylation sites is 1. The molecule has 0 radical (unpaired) electrons. The molecular formula is C18H19FN2O5. The Morgan fingerprint density at radius 2 is 1.62 bits per heavy atom. The van der Waals surface area contributed by atoms with E-state index >= 15 is 0 Å². The Morgan fingerprint density at radius 3 is 2.19 bits per heavy atom. The minimum Gasteiger partial charge on any atom is -0.497 e. The van der Waals surface area contributed by atoms with Gasteiger partial charge in [-0.3, -0.25) is 20.4 Å². The fraction of sp³-hybridized carbons (Fsp3) is 0.222. The summed E-state index contributed by atoms with van der Waals surface area (Å²) < 4.78 is 29.0. The second kappa shape index (κ2) is 8.70. The van der Waals surface area contributed by atoms with Crippen molar-refractivity contribution in [3.05, 3.63) is 53.8 Å². The Bertz CT molecular complexity index is 775. The van der Waals surface area contributed by atoms with Crippen molar-refractivity contribution in [2.75, 3.05) is 14.2 Å². The van der Waals surface area contributed by atoms with Crippen LogP contribution in [0.5, 0.6) is 17.2 Å². The smallest absolute Gasteiger partial charge is 0.279 e. The van der Waals surface area contributed by atoms with E-state index in [1.807, 2.05) is 0 Å². The van der Waals surface area contributed by atoms with Crippen LogP contribution < -0.4 is 25.1 Å². The Balaban J connectivity index is 1.96. The van der Waals surface area contributed by atoms with Gasteiger partial charge in [0.05, 0.1) is 14.2 Å². The van der Waals surface area contributed by atoms with Crippen molar-refractivity contribution < 1.29 is 28.2 Å². The number of hydrogen-bond donors (Lipinski definition) is 2. The fourth-order valence-corrected chi connectivity index (χ4v) is 2.01. The summed E-state index contributed by atoms with van der Waals surface area (Å²) >= 11 is 0. The molecule has 0 unspecified atom stereocenters. The quantitative estimate of drug-likeness (QED) is 0.769. The van der Waals surface area contributed by atoms with Crippen LogP contribution in [0.15, 0.2) is 42.5 Å². The molecular weight excluding hydrogens is 343 g/mol. The molecule has 0 spiro atoms. The number of nitrogens with one attached hydrogen (secondary N) is 2. The van der Waals surface area contributed by atoms with Gasteiger partial charge in [-0.15, -0.1) is 0 Å². The largest absolute Gasteiger partial charge is 0.497 e. The van der Waals surface area contributed by atoms with Crippen LogP contribution in [0.25, 0.3) is 0 Å². The van der Waals surface area contributed by atoms with Crippen LogP contribution in [0.4, 0.5) is 4.39 Å². The standard InChI is InChI=1S/C18H19FN2O5/c1-11(26-16-7-5-4-6-15(16)19)17(22)20-21-18(23)12-8-13(24-2)10-14(9-12)25-3/h4-11H,1-3H3,(H,20,22)(H,21,23)/t11-/m1/s1. The van der Waals surface area contributed by atoms with E-state index in [-0.39, 0.29) is 11.3 Å². The fourth-order valence-electron chi connectivity index (χ4n) is 2.01. The Morgan fingerprint density at radius 1 is 1.00 bits per heavy atom. The first-order valence-corrected chi connectivity index (χ1v) is 7.69. The summed E-state index contributed by atoms with van der Waals surface area (Å²) in [7, 11) is 2.92. The number of amides is 2. The molecule has 0 saturated carbocycles. The van der Waals surface area contributed by atoms with E-state index < -0.39 is 23.7 Å². The molecule has 0 aromatic heterocycles. The SMILES string of the molecule is COc1cc(OC)cc(C(=O)NNC(=O)[C@@H](C)Oc2ccccc2F)c1. The lowest BCUT2D eigenvalue weighted by atomic mass is 10.2. The number of carbonyl (C=O) groups is 2. The van der Waals surface area contributed by atoms with Crippen molar-refractivity contribution in [2.45, 2.75) is 13.0 Å². The summed E-state index contributed by atoms with van der Waals surface area (Å²) in [5.74, 6) is -1.00. The molecule has 2 aromatic rings. The zero-order valence-corrected chi connectivity index (χ0v) is 14.5. The van der Waals surface area contributed by atoms with Crippen LogP contribution in [0, 0.1) is 5.82 Å². The molecule has 0 fully saturated rings. The van der Waals surface area contributed by atoms with Crippen molar-refractivity contribution >= 4 is 11.8 Å². The molecule has 0 aliphatic carbocycles. The highest BCUT2D eigenvalue weighted by Crippen LogP contribution is 2.22. The van der Waals surface area contributed by atoms with Crippen LogP contribution in [0.1, 0.15) is 17.3 Å². The van der Waals surface area contributed by atoms with Crippen molar-refractivity contribution in [3.8, 4) is 17.2 Å². The van der Waals surface area contributed by atoms with E-state index in [0.717, 1.165) is 0 Å². The zero-order valence-electron chi connectivity index (χ0n) is 14.5. The lowest BCUT2D eigenvalue weighted by molar-refractivity contribution is -0.128. The molecule has 0 aliphatic rings. The average molecular weight is 362 g/mol. The Kier molecular flexibility index (Phi) is 6.37. The molecule has 2 aromatic carbocycles. The number of methoxy groups -OCH3 is 2. The van der Waals surface area contributed by atoms with Gasteiger partial charge in [0, 0.05) is 11.6 Å². The average Bonchev–Trinajstić information content (AvgIpc) is 2.66. The molecule has 8 heteroatoms. The molecule has 2 amide bonds. The molecule has 1 atom stereocenters. The number of hydrazine groups is 1. The molecule has 0 bridgehead atoms. The molecule has 7 nitrogen and oxygen atoms in total. The molecule has 0 heterocycles. The first-order valence-electron chi connectivity index (χ1n) is 7.69. The second-order valence-corrected chi connectivity index (χ2v) is 5.24. The lowest BCUT2D eigenvalue weighted by Crippen LogP contribution is -2.47. The molecule has 2 rings (SSSR count). The number of benzene rings is 2. The van der Waals surface area contributed by atoms with Gasteiger partial charge in [-0.25, -0.2) is 4.39 Å². The summed E-state index contributed by atoms with van der Waals surface area (Å²) in [6, 6.07) is 10.3. The van der Waals surface area contributed by atoms with Gasteiger partial charge in [-0.1, -0.05) is 12.1 Å².